The Kier molecular flexibility index (Phi) is 2.99. The maximum atomic E-state index is 10.4. The molecule has 0 aromatic carbocycles. The zero-order chi connectivity index (χ0) is 9.23. The first-order valence-electron chi connectivity index (χ1n) is 2.71. The normalized spacial score (nSPS) is 10.9. The van der Waals surface area contributed by atoms with Crippen LogP contribution in [0, 0.1) is 0 Å². The van der Waals surface area contributed by atoms with Gasteiger partial charge in [0.25, 0.3) is 0 Å². The molecular weight excluding hydrogens is 171 g/mol. The lowest BCUT2D eigenvalue weighted by atomic mass is 10.3. The van der Waals surface area contributed by atoms with Crippen molar-refractivity contribution in [3.05, 3.63) is 10.9 Å². The van der Waals surface area contributed by atoms with E-state index in [9.17, 15) is 14.5 Å². The predicted molar refractivity (Wildman–Crippen MR) is 35.4 cm³/mol. The van der Waals surface area contributed by atoms with Gasteiger partial charge in [-0.15, -0.1) is 0 Å². The minimum absolute atomic E-state index is 0.0540. The second-order valence-electron chi connectivity index (χ2n) is 2.18. The molecule has 0 aliphatic rings. The minimum Gasteiger partial charge on any atom is -0.544 e. The predicted octanol–water partition coefficient (Wildman–Crippen LogP) is -0.792. The molecule has 0 radical (unpaired) electrons. The molecule has 0 aromatic rings. The Labute approximate surface area is 63.5 Å². The van der Waals surface area contributed by atoms with E-state index in [1.165, 1.54) is 13.8 Å². The van der Waals surface area contributed by atoms with E-state index in [0.29, 0.717) is 0 Å². The molecule has 0 aliphatic carbocycles. The summed E-state index contributed by atoms with van der Waals surface area (Å²) in [6.45, 7) is 2.59. The summed E-state index contributed by atoms with van der Waals surface area (Å²) in [4.78, 5) is 27.0. The van der Waals surface area contributed by atoms with Crippen molar-refractivity contribution in [2.24, 2.45) is 0 Å². The van der Waals surface area contributed by atoms with Crippen LogP contribution < -0.4 is 5.11 Å². The number of rotatable bonds is 2. The van der Waals surface area contributed by atoms with Gasteiger partial charge in [-0.1, -0.05) is 5.57 Å². The summed E-state index contributed by atoms with van der Waals surface area (Å²) in [6, 6.07) is 0. The summed E-state index contributed by atoms with van der Waals surface area (Å²) in [5.74, 6) is -1.82. The van der Waals surface area contributed by atoms with E-state index in [1.54, 1.807) is 0 Å². The second kappa shape index (κ2) is 3.17. The fourth-order valence-electron chi connectivity index (χ4n) is 0.614. The number of hydrogen-bond acceptors (Lipinski definition) is 3. The van der Waals surface area contributed by atoms with Crippen LogP contribution in [0.2, 0.25) is 0 Å². The molecule has 0 atom stereocenters. The van der Waals surface area contributed by atoms with E-state index < -0.39 is 18.9 Å². The Morgan fingerprint density at radius 2 is 1.73 bits per heavy atom. The summed E-state index contributed by atoms with van der Waals surface area (Å²) < 4.78 is 10.4. The highest BCUT2D eigenvalue weighted by Crippen LogP contribution is 2.45. The fraction of sp³-hybridized carbons (Fsp3) is 0.400. The van der Waals surface area contributed by atoms with Gasteiger partial charge in [0.1, 0.15) is 0 Å². The van der Waals surface area contributed by atoms with Gasteiger partial charge < -0.3 is 19.7 Å². The SMILES string of the molecule is CC(C)=C(C(=O)[O-])P(=O)(O)O. The largest absolute Gasteiger partial charge is 0.544 e. The highest BCUT2D eigenvalue weighted by atomic mass is 31.2. The van der Waals surface area contributed by atoms with E-state index in [-0.39, 0.29) is 5.57 Å². The number of aliphatic carboxylic acids is 1. The molecule has 5 nitrogen and oxygen atoms in total. The molecule has 0 bridgehead atoms. The Morgan fingerprint density at radius 3 is 1.73 bits per heavy atom. The molecular formula is C5H8O5P-. The van der Waals surface area contributed by atoms with E-state index in [4.69, 9.17) is 9.79 Å². The third-order valence-electron chi connectivity index (χ3n) is 0.958. The summed E-state index contributed by atoms with van der Waals surface area (Å²) >= 11 is 0. The van der Waals surface area contributed by atoms with Gasteiger partial charge in [-0.05, 0) is 13.8 Å². The molecule has 0 unspecified atom stereocenters. The first kappa shape index (κ1) is 10.4. The number of hydrogen-bond donors (Lipinski definition) is 2. The van der Waals surface area contributed by atoms with Gasteiger partial charge in [0, 0.05) is 0 Å². The number of allylic oxidation sites excluding steroid dienone is 1. The number of carbonyl (C=O) groups is 1. The lowest BCUT2D eigenvalue weighted by molar-refractivity contribution is -0.298. The molecule has 0 fully saturated rings. The first-order chi connectivity index (χ1) is 4.76. The van der Waals surface area contributed by atoms with Gasteiger partial charge in [0.05, 0.1) is 11.3 Å². The zero-order valence-corrected chi connectivity index (χ0v) is 6.96. The molecule has 11 heavy (non-hydrogen) atoms. The fourth-order valence-corrected chi connectivity index (χ4v) is 1.43. The summed E-state index contributed by atoms with van der Waals surface area (Å²) in [7, 11) is -4.67. The summed E-state index contributed by atoms with van der Waals surface area (Å²) in [5.41, 5.74) is 0.0540. The van der Waals surface area contributed by atoms with Crippen molar-refractivity contribution in [2.75, 3.05) is 0 Å². The van der Waals surface area contributed by atoms with Crippen LogP contribution in [0.15, 0.2) is 10.9 Å². The molecule has 0 aromatic heterocycles. The Bertz CT molecular complexity index is 244. The van der Waals surface area contributed by atoms with Crippen LogP contribution in [0.4, 0.5) is 0 Å². The van der Waals surface area contributed by atoms with Crippen LogP contribution in [0.1, 0.15) is 13.8 Å². The topological polar surface area (TPSA) is 97.7 Å². The second-order valence-corrected chi connectivity index (χ2v) is 3.72. The van der Waals surface area contributed by atoms with Crippen molar-refractivity contribution in [2.45, 2.75) is 13.8 Å². The smallest absolute Gasteiger partial charge is 0.357 e. The molecule has 2 N–H and O–H groups in total. The molecule has 0 amide bonds. The summed E-state index contributed by atoms with van der Waals surface area (Å²) in [6.07, 6.45) is 0. The average Bonchev–Trinajstić information content (AvgIpc) is 1.54. The van der Waals surface area contributed by atoms with Crippen molar-refractivity contribution in [1.82, 2.24) is 0 Å². The van der Waals surface area contributed by atoms with Crippen LogP contribution >= 0.6 is 7.60 Å². The van der Waals surface area contributed by atoms with Crippen LogP contribution in [0.25, 0.3) is 0 Å². The highest BCUT2D eigenvalue weighted by molar-refractivity contribution is 7.58. The van der Waals surface area contributed by atoms with Gasteiger partial charge in [0.15, 0.2) is 0 Å². The Balaban J connectivity index is 5.14. The quantitative estimate of drug-likeness (QED) is 0.427. The Hall–Kier alpha value is -0.640. The highest BCUT2D eigenvalue weighted by Gasteiger charge is 2.22. The van der Waals surface area contributed by atoms with Gasteiger partial charge in [0.2, 0.25) is 0 Å². The Morgan fingerprint density at radius 1 is 1.36 bits per heavy atom. The first-order valence-corrected chi connectivity index (χ1v) is 4.33. The van der Waals surface area contributed by atoms with Crippen molar-refractivity contribution in [3.63, 3.8) is 0 Å². The average molecular weight is 179 g/mol. The van der Waals surface area contributed by atoms with E-state index in [1.807, 2.05) is 0 Å². The molecule has 0 spiro atoms. The molecule has 0 heterocycles. The maximum absolute atomic E-state index is 10.4. The minimum atomic E-state index is -4.67. The maximum Gasteiger partial charge on any atom is 0.357 e. The van der Waals surface area contributed by atoms with Crippen LogP contribution in [-0.4, -0.2) is 15.8 Å². The zero-order valence-electron chi connectivity index (χ0n) is 6.07. The summed E-state index contributed by atoms with van der Waals surface area (Å²) in [5, 5.41) is 9.19. The molecule has 6 heteroatoms. The molecule has 0 aliphatic heterocycles. The number of carbonyl (C=O) groups excluding carboxylic acids is 1. The van der Waals surface area contributed by atoms with Gasteiger partial charge in [-0.3, -0.25) is 4.57 Å². The third-order valence-corrected chi connectivity index (χ3v) is 2.17. The van der Waals surface area contributed by atoms with Crippen molar-refractivity contribution >= 4 is 13.6 Å². The van der Waals surface area contributed by atoms with Crippen LogP contribution in [0.3, 0.4) is 0 Å². The third kappa shape index (κ3) is 2.84. The molecule has 0 saturated heterocycles. The van der Waals surface area contributed by atoms with Crippen molar-refractivity contribution in [3.8, 4) is 0 Å². The van der Waals surface area contributed by atoms with Gasteiger partial charge in [-0.25, -0.2) is 0 Å². The standard InChI is InChI=1S/C5H9O5P/c1-3(2)4(5(6)7)11(8,9)10/h1-2H3,(H,6,7)(H2,8,9,10)/p-1. The monoisotopic (exact) mass is 179 g/mol. The van der Waals surface area contributed by atoms with Crippen LogP contribution in [-0.2, 0) is 9.36 Å². The van der Waals surface area contributed by atoms with E-state index in [2.05, 4.69) is 0 Å². The van der Waals surface area contributed by atoms with E-state index in [0.717, 1.165) is 0 Å². The lowest BCUT2D eigenvalue weighted by Gasteiger charge is -2.11. The van der Waals surface area contributed by atoms with Crippen molar-refractivity contribution in [1.29, 1.82) is 0 Å². The molecule has 64 valence electrons. The molecule has 0 saturated carbocycles. The van der Waals surface area contributed by atoms with E-state index >= 15 is 0 Å². The lowest BCUT2D eigenvalue weighted by Crippen LogP contribution is -2.25. The van der Waals surface area contributed by atoms with Gasteiger partial charge in [-0.2, -0.15) is 0 Å². The van der Waals surface area contributed by atoms with Crippen LogP contribution in [0.5, 0.6) is 0 Å². The van der Waals surface area contributed by atoms with Crippen molar-refractivity contribution < 1.29 is 24.3 Å². The van der Waals surface area contributed by atoms with Gasteiger partial charge >= 0.3 is 7.60 Å². The molecule has 0 rings (SSSR count). The number of carboxylic acids is 1. The number of carboxylic acid groups (broad SMARTS) is 1.